The Hall–Kier alpha value is -3.16. The predicted molar refractivity (Wildman–Crippen MR) is 147 cm³/mol. The van der Waals surface area contributed by atoms with Crippen molar-refractivity contribution in [3.05, 3.63) is 88.9 Å². The zero-order valence-electron chi connectivity index (χ0n) is 21.4. The fraction of sp³-hybridized carbons (Fsp3) is 0.310. The van der Waals surface area contributed by atoms with E-state index in [9.17, 15) is 14.7 Å². The zero-order chi connectivity index (χ0) is 27.1. The first-order chi connectivity index (χ1) is 17.4. The van der Waals surface area contributed by atoms with Crippen LogP contribution in [0.5, 0.6) is 5.75 Å². The average molecular weight is 542 g/mol. The van der Waals surface area contributed by atoms with E-state index in [0.717, 1.165) is 26.7 Å². The Morgan fingerprint density at radius 1 is 0.946 bits per heavy atom. The molecule has 0 aliphatic rings. The molecule has 8 heteroatoms. The number of carboxylic acids is 1. The standard InChI is InChI=1S/C29H32ClNO5S/c1-28(2,3)36-27(34)31-29(4,26(32)33)16-15-21-13-14-24(18-25(21)30)37-23-12-8-11-22(17-23)35-19-20-9-6-5-7-10-20/h5-14,17-18H,15-16,19H2,1-4H3,(H,31,34)(H,32,33). The van der Waals surface area contributed by atoms with Crippen molar-refractivity contribution in [2.24, 2.45) is 0 Å². The Labute approximate surface area is 227 Å². The Bertz CT molecular complexity index is 1230. The lowest BCUT2D eigenvalue weighted by Crippen LogP contribution is -2.53. The molecule has 0 heterocycles. The molecular formula is C29H32ClNO5S. The lowest BCUT2D eigenvalue weighted by atomic mass is 9.93. The summed E-state index contributed by atoms with van der Waals surface area (Å²) in [6.07, 6.45) is -0.259. The number of ether oxygens (including phenoxy) is 2. The summed E-state index contributed by atoms with van der Waals surface area (Å²) in [4.78, 5) is 26.1. The van der Waals surface area contributed by atoms with Gasteiger partial charge in [0.15, 0.2) is 0 Å². The Morgan fingerprint density at radius 3 is 2.30 bits per heavy atom. The molecule has 0 saturated carbocycles. The van der Waals surface area contributed by atoms with E-state index < -0.39 is 23.2 Å². The lowest BCUT2D eigenvalue weighted by molar-refractivity contribution is -0.144. The SMILES string of the molecule is CC(C)(C)OC(=O)NC(C)(CCc1ccc(Sc2cccc(OCc3ccccc3)c2)cc1Cl)C(=O)O. The first-order valence-corrected chi connectivity index (χ1v) is 13.1. The normalized spacial score (nSPS) is 12.9. The van der Waals surface area contributed by atoms with Crippen LogP contribution in [-0.4, -0.2) is 28.3 Å². The number of carbonyl (C=O) groups excluding carboxylic acids is 1. The number of halogens is 1. The van der Waals surface area contributed by atoms with E-state index in [2.05, 4.69) is 5.32 Å². The minimum atomic E-state index is -1.50. The van der Waals surface area contributed by atoms with Gasteiger partial charge in [-0.25, -0.2) is 9.59 Å². The van der Waals surface area contributed by atoms with Gasteiger partial charge in [-0.2, -0.15) is 0 Å². The van der Waals surface area contributed by atoms with Gasteiger partial charge in [0.05, 0.1) is 0 Å². The highest BCUT2D eigenvalue weighted by molar-refractivity contribution is 7.99. The molecule has 1 atom stereocenters. The van der Waals surface area contributed by atoms with Crippen LogP contribution in [0.15, 0.2) is 82.6 Å². The Balaban J connectivity index is 1.61. The third-order valence-electron chi connectivity index (χ3n) is 5.46. The second-order valence-electron chi connectivity index (χ2n) is 9.87. The first kappa shape index (κ1) is 28.4. The summed E-state index contributed by atoms with van der Waals surface area (Å²) in [7, 11) is 0. The van der Waals surface area contributed by atoms with Crippen LogP contribution < -0.4 is 10.1 Å². The van der Waals surface area contributed by atoms with Gasteiger partial charge in [-0.15, -0.1) is 0 Å². The lowest BCUT2D eigenvalue weighted by Gasteiger charge is -2.28. The van der Waals surface area contributed by atoms with Crippen LogP contribution in [0.2, 0.25) is 5.02 Å². The molecule has 1 amide bonds. The molecule has 0 aliphatic heterocycles. The van der Waals surface area contributed by atoms with E-state index in [1.165, 1.54) is 6.92 Å². The van der Waals surface area contributed by atoms with Crippen molar-refractivity contribution in [2.45, 2.75) is 68.1 Å². The summed E-state index contributed by atoms with van der Waals surface area (Å²) >= 11 is 8.10. The summed E-state index contributed by atoms with van der Waals surface area (Å²) in [6.45, 7) is 7.12. The van der Waals surface area contributed by atoms with E-state index in [0.29, 0.717) is 18.1 Å². The fourth-order valence-corrected chi connectivity index (χ4v) is 4.68. The van der Waals surface area contributed by atoms with Gasteiger partial charge in [-0.05, 0) is 82.0 Å². The van der Waals surface area contributed by atoms with Gasteiger partial charge >= 0.3 is 12.1 Å². The number of alkyl carbamates (subject to hydrolysis) is 1. The second-order valence-corrected chi connectivity index (χ2v) is 11.4. The molecule has 0 bridgehead atoms. The van der Waals surface area contributed by atoms with Crippen molar-refractivity contribution in [1.29, 1.82) is 0 Å². The maximum absolute atomic E-state index is 12.2. The van der Waals surface area contributed by atoms with Gasteiger partial charge in [-0.1, -0.05) is 65.8 Å². The predicted octanol–water partition coefficient (Wildman–Crippen LogP) is 7.37. The minimum absolute atomic E-state index is 0.147. The first-order valence-electron chi connectivity index (χ1n) is 11.9. The average Bonchev–Trinajstić information content (AvgIpc) is 2.82. The fourth-order valence-electron chi connectivity index (χ4n) is 3.44. The van der Waals surface area contributed by atoms with E-state index in [1.807, 2.05) is 72.8 Å². The molecule has 3 rings (SSSR count). The molecule has 0 saturated heterocycles. The number of hydrogen-bond donors (Lipinski definition) is 2. The van der Waals surface area contributed by atoms with Crippen LogP contribution in [0.1, 0.15) is 45.2 Å². The van der Waals surface area contributed by atoms with E-state index in [1.54, 1.807) is 32.5 Å². The molecule has 0 aromatic heterocycles. The Morgan fingerprint density at radius 2 is 1.65 bits per heavy atom. The molecule has 0 aliphatic carbocycles. The summed E-state index contributed by atoms with van der Waals surface area (Å²) < 4.78 is 11.2. The van der Waals surface area contributed by atoms with Crippen molar-refractivity contribution in [1.82, 2.24) is 5.32 Å². The smallest absolute Gasteiger partial charge is 0.408 e. The number of hydrogen-bond acceptors (Lipinski definition) is 5. The monoisotopic (exact) mass is 541 g/mol. The van der Waals surface area contributed by atoms with Crippen LogP contribution in [-0.2, 0) is 22.6 Å². The highest BCUT2D eigenvalue weighted by Crippen LogP contribution is 2.33. The molecular weight excluding hydrogens is 510 g/mol. The third-order valence-corrected chi connectivity index (χ3v) is 6.79. The highest BCUT2D eigenvalue weighted by atomic mass is 35.5. The largest absolute Gasteiger partial charge is 0.489 e. The number of benzene rings is 3. The number of rotatable bonds is 10. The van der Waals surface area contributed by atoms with Gasteiger partial charge in [0.1, 0.15) is 23.5 Å². The van der Waals surface area contributed by atoms with E-state index in [4.69, 9.17) is 21.1 Å². The molecule has 1 unspecified atom stereocenters. The third kappa shape index (κ3) is 9.02. The van der Waals surface area contributed by atoms with Gasteiger partial charge in [0, 0.05) is 14.8 Å². The number of aliphatic carboxylic acids is 1. The van der Waals surface area contributed by atoms with Crippen molar-refractivity contribution in [2.75, 3.05) is 0 Å². The molecule has 6 nitrogen and oxygen atoms in total. The summed E-state index contributed by atoms with van der Waals surface area (Å²) in [5.41, 5.74) is -0.333. The maximum Gasteiger partial charge on any atom is 0.408 e. The van der Waals surface area contributed by atoms with Crippen molar-refractivity contribution >= 4 is 35.4 Å². The van der Waals surface area contributed by atoms with E-state index in [-0.39, 0.29) is 6.42 Å². The molecule has 196 valence electrons. The number of nitrogens with one attached hydrogen (secondary N) is 1. The molecule has 37 heavy (non-hydrogen) atoms. The summed E-state index contributed by atoms with van der Waals surface area (Å²) in [5.74, 6) is -0.363. The molecule has 0 fully saturated rings. The number of amides is 1. The van der Waals surface area contributed by atoms with Gasteiger partial charge in [0.2, 0.25) is 0 Å². The molecule has 0 radical (unpaired) electrons. The number of aryl methyl sites for hydroxylation is 1. The quantitative estimate of drug-likeness (QED) is 0.279. The summed E-state index contributed by atoms with van der Waals surface area (Å²) in [6, 6.07) is 23.5. The topological polar surface area (TPSA) is 84.9 Å². The molecule has 3 aromatic carbocycles. The van der Waals surface area contributed by atoms with Gasteiger partial charge in [-0.3, -0.25) is 0 Å². The highest BCUT2D eigenvalue weighted by Gasteiger charge is 2.36. The molecule has 2 N–H and O–H groups in total. The van der Waals surface area contributed by atoms with Crippen LogP contribution in [0.4, 0.5) is 4.79 Å². The maximum atomic E-state index is 12.2. The van der Waals surface area contributed by atoms with Crippen LogP contribution in [0.25, 0.3) is 0 Å². The zero-order valence-corrected chi connectivity index (χ0v) is 23.0. The van der Waals surface area contributed by atoms with Gasteiger partial charge in [0.25, 0.3) is 0 Å². The Kier molecular flexibility index (Phi) is 9.51. The molecule has 0 spiro atoms. The van der Waals surface area contributed by atoms with Crippen LogP contribution >= 0.6 is 23.4 Å². The van der Waals surface area contributed by atoms with Gasteiger partial charge < -0.3 is 19.9 Å². The second kappa shape index (κ2) is 12.4. The minimum Gasteiger partial charge on any atom is -0.489 e. The van der Waals surface area contributed by atoms with Crippen LogP contribution in [0, 0.1) is 0 Å². The van der Waals surface area contributed by atoms with Crippen molar-refractivity contribution < 1.29 is 24.2 Å². The van der Waals surface area contributed by atoms with E-state index >= 15 is 0 Å². The van der Waals surface area contributed by atoms with Crippen molar-refractivity contribution in [3.63, 3.8) is 0 Å². The number of carbonyl (C=O) groups is 2. The molecule has 3 aromatic rings. The number of carboxylic acid groups (broad SMARTS) is 1. The van der Waals surface area contributed by atoms with Crippen molar-refractivity contribution in [3.8, 4) is 5.75 Å². The van der Waals surface area contributed by atoms with Crippen LogP contribution in [0.3, 0.4) is 0 Å². The summed E-state index contributed by atoms with van der Waals surface area (Å²) in [5, 5.41) is 12.8.